The molecule has 0 aromatic carbocycles. The first-order valence-corrected chi connectivity index (χ1v) is 11.1. The highest BCUT2D eigenvalue weighted by Gasteiger charge is 2.30. The van der Waals surface area contributed by atoms with Crippen molar-refractivity contribution in [1.29, 1.82) is 0 Å². The van der Waals surface area contributed by atoms with Gasteiger partial charge in [0.15, 0.2) is 0 Å². The van der Waals surface area contributed by atoms with E-state index in [1.54, 1.807) is 0 Å². The lowest BCUT2D eigenvalue weighted by Crippen LogP contribution is -2.58. The Bertz CT molecular complexity index is 911. The lowest BCUT2D eigenvalue weighted by atomic mass is 10.1. The number of nitrogens with one attached hydrogen (secondary N) is 4. The van der Waals surface area contributed by atoms with E-state index in [1.165, 1.54) is 12.5 Å². The molecule has 35 heavy (non-hydrogen) atoms. The summed E-state index contributed by atoms with van der Waals surface area (Å²) in [5, 5.41) is 16.4. The molecule has 1 aromatic heterocycles. The number of aromatic amines is 1. The first-order valence-electron chi connectivity index (χ1n) is 10.5. The van der Waals surface area contributed by atoms with Crippen LogP contribution in [0.25, 0.3) is 0 Å². The predicted octanol–water partition coefficient (Wildman–Crippen LogP) is -3.72. The highest BCUT2D eigenvalue weighted by molar-refractivity contribution is 7.80. The fourth-order valence-corrected chi connectivity index (χ4v) is 3.07. The van der Waals surface area contributed by atoms with Crippen molar-refractivity contribution < 1.29 is 33.9 Å². The molecule has 0 aliphatic heterocycles. The van der Waals surface area contributed by atoms with Crippen LogP contribution in [-0.2, 0) is 35.2 Å². The van der Waals surface area contributed by atoms with E-state index in [0.29, 0.717) is 5.69 Å². The van der Waals surface area contributed by atoms with Crippen LogP contribution in [0.15, 0.2) is 12.5 Å². The van der Waals surface area contributed by atoms with Crippen LogP contribution < -0.4 is 33.2 Å². The van der Waals surface area contributed by atoms with E-state index in [9.17, 15) is 33.9 Å². The summed E-state index contributed by atoms with van der Waals surface area (Å²) in [6.07, 6.45) is 1.98. The second-order valence-electron chi connectivity index (χ2n) is 7.60. The average molecular weight is 515 g/mol. The molecule has 4 atom stereocenters. The maximum absolute atomic E-state index is 12.8. The van der Waals surface area contributed by atoms with Crippen molar-refractivity contribution in [3.8, 4) is 0 Å². The van der Waals surface area contributed by atoms with Crippen LogP contribution >= 0.6 is 12.6 Å². The van der Waals surface area contributed by atoms with Crippen molar-refractivity contribution in [1.82, 2.24) is 25.9 Å². The summed E-state index contributed by atoms with van der Waals surface area (Å²) in [6.45, 7) is 0. The van der Waals surface area contributed by atoms with Crippen LogP contribution in [0.3, 0.4) is 0 Å². The summed E-state index contributed by atoms with van der Waals surface area (Å²) in [5.41, 5.74) is 16.2. The number of carboxylic acid groups (broad SMARTS) is 1. The molecule has 1 rings (SSSR count). The summed E-state index contributed by atoms with van der Waals surface area (Å²) < 4.78 is 0. The van der Waals surface area contributed by atoms with Crippen LogP contribution in [0.5, 0.6) is 0 Å². The number of nitrogens with two attached hydrogens (primary N) is 3. The first kappa shape index (κ1) is 29.4. The summed E-state index contributed by atoms with van der Waals surface area (Å²) in [5.74, 6) is -5.31. The zero-order chi connectivity index (χ0) is 26.5. The number of aromatic nitrogens is 2. The number of amides is 5. The maximum Gasteiger partial charge on any atom is 0.326 e. The SMILES string of the molecule is NC(=O)CCC(N)C(=O)NC(CS)C(=O)NC(Cc1cnc[nH]1)C(=O)NC(CCC(N)=O)C(=O)O. The summed E-state index contributed by atoms with van der Waals surface area (Å²) in [7, 11) is 0. The molecule has 0 bridgehead atoms. The van der Waals surface area contributed by atoms with Gasteiger partial charge >= 0.3 is 5.97 Å². The highest BCUT2D eigenvalue weighted by atomic mass is 32.1. The smallest absolute Gasteiger partial charge is 0.326 e. The van der Waals surface area contributed by atoms with E-state index in [2.05, 4.69) is 38.5 Å². The molecule has 1 heterocycles. The molecule has 5 amide bonds. The van der Waals surface area contributed by atoms with Crippen LogP contribution in [0.1, 0.15) is 31.4 Å². The van der Waals surface area contributed by atoms with Crippen molar-refractivity contribution in [3.63, 3.8) is 0 Å². The minimum absolute atomic E-state index is 0.0329. The number of carboxylic acids is 1. The van der Waals surface area contributed by atoms with E-state index >= 15 is 0 Å². The Morgan fingerprint density at radius 1 is 0.914 bits per heavy atom. The third kappa shape index (κ3) is 10.9. The topological polar surface area (TPSA) is 265 Å². The van der Waals surface area contributed by atoms with Gasteiger partial charge < -0.3 is 43.2 Å². The first-order chi connectivity index (χ1) is 16.4. The van der Waals surface area contributed by atoms with Crippen molar-refractivity contribution in [3.05, 3.63) is 18.2 Å². The van der Waals surface area contributed by atoms with E-state index < -0.39 is 59.7 Å². The molecule has 15 nitrogen and oxygen atoms in total. The number of thiol groups is 1. The zero-order valence-corrected chi connectivity index (χ0v) is 19.6. The molecule has 0 fully saturated rings. The molecule has 0 spiro atoms. The number of aliphatic carboxylic acids is 1. The second kappa shape index (κ2) is 14.6. The van der Waals surface area contributed by atoms with Gasteiger partial charge in [0.05, 0.1) is 12.4 Å². The van der Waals surface area contributed by atoms with Crippen molar-refractivity contribution in [2.75, 3.05) is 5.75 Å². The zero-order valence-electron chi connectivity index (χ0n) is 18.7. The lowest BCUT2D eigenvalue weighted by molar-refractivity contribution is -0.142. The van der Waals surface area contributed by atoms with Gasteiger partial charge in [0.1, 0.15) is 18.1 Å². The lowest BCUT2D eigenvalue weighted by Gasteiger charge is -2.24. The molecule has 1 aromatic rings. The molecule has 0 aliphatic rings. The molecular weight excluding hydrogens is 484 g/mol. The predicted molar refractivity (Wildman–Crippen MR) is 124 cm³/mol. The number of rotatable bonds is 16. The quantitative estimate of drug-likeness (QED) is 0.0980. The Morgan fingerprint density at radius 2 is 1.46 bits per heavy atom. The van der Waals surface area contributed by atoms with E-state index in [-0.39, 0.29) is 37.9 Å². The standard InChI is InChI=1S/C19H30N8O7S/c20-10(1-3-14(21)28)16(30)27-13(7-35)18(32)26-12(5-9-6-23-8-24-9)17(31)25-11(19(33)34)2-4-15(22)29/h6,8,10-13,35H,1-5,7,20H2,(H2,21,28)(H2,22,29)(H,23,24)(H,25,31)(H,26,32)(H,27,30)(H,33,34). The fourth-order valence-electron chi connectivity index (χ4n) is 2.82. The molecule has 0 saturated carbocycles. The van der Waals surface area contributed by atoms with Crippen LogP contribution in [0, 0.1) is 0 Å². The van der Waals surface area contributed by atoms with E-state index in [4.69, 9.17) is 17.2 Å². The maximum atomic E-state index is 12.8. The number of imidazole rings is 1. The molecule has 4 unspecified atom stereocenters. The second-order valence-corrected chi connectivity index (χ2v) is 7.97. The van der Waals surface area contributed by atoms with Gasteiger partial charge in [0.25, 0.3) is 0 Å². The van der Waals surface area contributed by atoms with Gasteiger partial charge in [0, 0.05) is 36.9 Å². The number of hydrogen-bond acceptors (Lipinski definition) is 9. The number of nitrogens with zero attached hydrogens (tertiary/aromatic N) is 1. The number of H-pyrrole nitrogens is 1. The molecular formula is C19H30N8O7S. The number of carbonyl (C=O) groups is 6. The molecule has 0 aliphatic carbocycles. The Balaban J connectivity index is 2.92. The van der Waals surface area contributed by atoms with Gasteiger partial charge in [-0.15, -0.1) is 0 Å². The van der Waals surface area contributed by atoms with Gasteiger partial charge in [-0.25, -0.2) is 9.78 Å². The monoisotopic (exact) mass is 514 g/mol. The molecule has 0 saturated heterocycles. The Morgan fingerprint density at radius 3 is 1.97 bits per heavy atom. The Kier molecular flexibility index (Phi) is 12.2. The minimum atomic E-state index is -1.43. The highest BCUT2D eigenvalue weighted by Crippen LogP contribution is 2.04. The minimum Gasteiger partial charge on any atom is -0.480 e. The number of carbonyl (C=O) groups excluding carboxylic acids is 5. The summed E-state index contributed by atoms with van der Waals surface area (Å²) in [6, 6.07) is -5.02. The Labute approximate surface area is 205 Å². The van der Waals surface area contributed by atoms with Crippen molar-refractivity contribution >= 4 is 48.1 Å². The molecule has 16 heteroatoms. The Hall–Kier alpha value is -3.66. The molecule has 0 radical (unpaired) electrons. The number of hydrogen-bond donors (Lipinski definition) is 9. The summed E-state index contributed by atoms with van der Waals surface area (Å²) in [4.78, 5) is 77.8. The van der Waals surface area contributed by atoms with Crippen molar-refractivity contribution in [2.24, 2.45) is 17.2 Å². The fraction of sp³-hybridized carbons (Fsp3) is 0.526. The van der Waals surface area contributed by atoms with E-state index in [1.807, 2.05) is 0 Å². The van der Waals surface area contributed by atoms with Gasteiger partial charge in [-0.1, -0.05) is 0 Å². The van der Waals surface area contributed by atoms with Crippen LogP contribution in [0.4, 0.5) is 0 Å². The molecule has 11 N–H and O–H groups in total. The molecule has 194 valence electrons. The van der Waals surface area contributed by atoms with Gasteiger partial charge in [-0.05, 0) is 12.8 Å². The number of primary amides is 2. The van der Waals surface area contributed by atoms with E-state index in [0.717, 1.165) is 0 Å². The van der Waals surface area contributed by atoms with Crippen molar-refractivity contribution in [2.45, 2.75) is 56.3 Å². The van der Waals surface area contributed by atoms with Gasteiger partial charge in [-0.2, -0.15) is 12.6 Å². The van der Waals surface area contributed by atoms with Crippen LogP contribution in [-0.4, -0.2) is 80.5 Å². The third-order valence-electron chi connectivity index (χ3n) is 4.76. The average Bonchev–Trinajstić information content (AvgIpc) is 3.30. The van der Waals surface area contributed by atoms with Gasteiger partial charge in [0.2, 0.25) is 29.5 Å². The normalized spacial score (nSPS) is 14.1. The van der Waals surface area contributed by atoms with Gasteiger partial charge in [-0.3, -0.25) is 24.0 Å². The third-order valence-corrected chi connectivity index (χ3v) is 5.13. The van der Waals surface area contributed by atoms with Crippen LogP contribution in [0.2, 0.25) is 0 Å². The summed E-state index contributed by atoms with van der Waals surface area (Å²) >= 11 is 4.05. The largest absolute Gasteiger partial charge is 0.480 e.